The molecule has 0 fully saturated rings. The Hall–Kier alpha value is -2.54. The molecule has 0 aliphatic carbocycles. The molecule has 0 saturated heterocycles. The molecule has 0 unspecified atom stereocenters. The number of ether oxygens (including phenoxy) is 1. The minimum atomic E-state index is -3.33. The highest BCUT2D eigenvalue weighted by Crippen LogP contribution is 2.20. The number of nitrogens with zero attached hydrogens (tertiary/aromatic N) is 2. The first kappa shape index (κ1) is 20.8. The van der Waals surface area contributed by atoms with E-state index in [1.807, 2.05) is 24.3 Å². The molecular formula is C20H26N2O4S. The predicted octanol–water partition coefficient (Wildman–Crippen LogP) is 3.14. The van der Waals surface area contributed by atoms with Gasteiger partial charge >= 0.3 is 0 Å². The highest BCUT2D eigenvalue weighted by molar-refractivity contribution is 7.92. The molecule has 2 rings (SSSR count). The molecule has 0 atom stereocenters. The molecule has 2 aromatic rings. The summed E-state index contributed by atoms with van der Waals surface area (Å²) < 4.78 is 30.8. The molecule has 0 aliphatic heterocycles. The summed E-state index contributed by atoms with van der Waals surface area (Å²) in [5.74, 6) is 0.677. The lowest BCUT2D eigenvalue weighted by Crippen LogP contribution is -2.32. The molecule has 0 aliphatic rings. The zero-order valence-electron chi connectivity index (χ0n) is 16.2. The molecule has 7 heteroatoms. The van der Waals surface area contributed by atoms with Crippen LogP contribution in [0.15, 0.2) is 48.5 Å². The number of carbonyl (C=O) groups is 1. The van der Waals surface area contributed by atoms with Crippen molar-refractivity contribution in [2.75, 3.05) is 30.8 Å². The lowest BCUT2D eigenvalue weighted by atomic mass is 10.1. The maximum absolute atomic E-state index is 12.6. The number of hydrogen-bond acceptors (Lipinski definition) is 4. The zero-order valence-corrected chi connectivity index (χ0v) is 17.0. The second-order valence-electron chi connectivity index (χ2n) is 6.12. The fourth-order valence-electron chi connectivity index (χ4n) is 2.76. The Bertz CT molecular complexity index is 862. The van der Waals surface area contributed by atoms with Crippen LogP contribution in [0.5, 0.6) is 5.75 Å². The van der Waals surface area contributed by atoms with Crippen molar-refractivity contribution >= 4 is 21.6 Å². The topological polar surface area (TPSA) is 66.9 Å². The number of rotatable bonds is 8. The Morgan fingerprint density at radius 1 is 1.00 bits per heavy atom. The van der Waals surface area contributed by atoms with E-state index in [1.54, 1.807) is 57.2 Å². The second kappa shape index (κ2) is 8.90. The summed E-state index contributed by atoms with van der Waals surface area (Å²) in [4.78, 5) is 14.3. The lowest BCUT2D eigenvalue weighted by molar-refractivity contribution is 0.0785. The van der Waals surface area contributed by atoms with Crippen LogP contribution in [0.25, 0.3) is 0 Å². The van der Waals surface area contributed by atoms with Crippen molar-refractivity contribution in [1.29, 1.82) is 0 Å². The standard InChI is InChI=1S/C20H26N2O4S/c1-5-22(27(24,25)6-2)18-11-9-17(10-12-18)20(23)21(3)15-16-7-13-19(26-4)14-8-16/h7-14H,5-6,15H2,1-4H3. The van der Waals surface area contributed by atoms with Gasteiger partial charge in [-0.1, -0.05) is 12.1 Å². The van der Waals surface area contributed by atoms with Crippen LogP contribution in [-0.2, 0) is 16.6 Å². The van der Waals surface area contributed by atoms with E-state index in [0.717, 1.165) is 11.3 Å². The smallest absolute Gasteiger partial charge is 0.253 e. The van der Waals surface area contributed by atoms with Crippen LogP contribution in [0, 0.1) is 0 Å². The third kappa shape index (κ3) is 5.01. The van der Waals surface area contributed by atoms with Gasteiger partial charge in [-0.3, -0.25) is 9.10 Å². The van der Waals surface area contributed by atoms with Crippen LogP contribution in [0.4, 0.5) is 5.69 Å². The van der Waals surface area contributed by atoms with Crippen LogP contribution in [0.3, 0.4) is 0 Å². The molecule has 0 heterocycles. The van der Waals surface area contributed by atoms with Crippen molar-refractivity contribution < 1.29 is 17.9 Å². The first-order valence-corrected chi connectivity index (χ1v) is 10.4. The van der Waals surface area contributed by atoms with Gasteiger partial charge in [0.1, 0.15) is 5.75 Å². The summed E-state index contributed by atoms with van der Waals surface area (Å²) in [7, 11) is 0.0158. The molecule has 0 aromatic heterocycles. The lowest BCUT2D eigenvalue weighted by Gasteiger charge is -2.22. The molecule has 0 N–H and O–H groups in total. The average molecular weight is 391 g/mol. The third-order valence-corrected chi connectivity index (χ3v) is 6.19. The number of anilines is 1. The van der Waals surface area contributed by atoms with Gasteiger partial charge in [-0.2, -0.15) is 0 Å². The minimum absolute atomic E-state index is 0.0339. The minimum Gasteiger partial charge on any atom is -0.497 e. The Morgan fingerprint density at radius 3 is 2.07 bits per heavy atom. The number of carbonyl (C=O) groups excluding carboxylic acids is 1. The van der Waals surface area contributed by atoms with Gasteiger partial charge in [0.2, 0.25) is 10.0 Å². The third-order valence-electron chi connectivity index (χ3n) is 4.32. The monoisotopic (exact) mass is 390 g/mol. The Labute approximate surface area is 161 Å². The van der Waals surface area contributed by atoms with Crippen molar-refractivity contribution in [3.05, 3.63) is 59.7 Å². The van der Waals surface area contributed by atoms with Crippen LogP contribution < -0.4 is 9.04 Å². The number of benzene rings is 2. The van der Waals surface area contributed by atoms with Crippen LogP contribution in [0.1, 0.15) is 29.8 Å². The maximum Gasteiger partial charge on any atom is 0.253 e. The first-order valence-electron chi connectivity index (χ1n) is 8.81. The van der Waals surface area contributed by atoms with Crippen molar-refractivity contribution in [2.45, 2.75) is 20.4 Å². The SMILES string of the molecule is CCN(c1ccc(C(=O)N(C)Cc2ccc(OC)cc2)cc1)S(=O)(=O)CC. The maximum atomic E-state index is 12.6. The fourth-order valence-corrected chi connectivity index (χ4v) is 3.91. The summed E-state index contributed by atoms with van der Waals surface area (Å²) in [5.41, 5.74) is 2.07. The molecule has 2 aromatic carbocycles. The molecule has 27 heavy (non-hydrogen) atoms. The largest absolute Gasteiger partial charge is 0.497 e. The van der Waals surface area contributed by atoms with Crippen LogP contribution in [0.2, 0.25) is 0 Å². The summed E-state index contributed by atoms with van der Waals surface area (Å²) in [6, 6.07) is 14.2. The van der Waals surface area contributed by atoms with Gasteiger partial charge in [0.05, 0.1) is 18.6 Å². The number of hydrogen-bond donors (Lipinski definition) is 0. The summed E-state index contributed by atoms with van der Waals surface area (Å²) in [6.45, 7) is 4.22. The van der Waals surface area contributed by atoms with Gasteiger partial charge in [-0.25, -0.2) is 8.42 Å². The first-order chi connectivity index (χ1) is 12.8. The molecular weight excluding hydrogens is 364 g/mol. The van der Waals surface area contributed by atoms with E-state index in [9.17, 15) is 13.2 Å². The number of methoxy groups -OCH3 is 1. The molecule has 1 amide bonds. The predicted molar refractivity (Wildman–Crippen MR) is 108 cm³/mol. The van der Waals surface area contributed by atoms with E-state index in [2.05, 4.69) is 0 Å². The highest BCUT2D eigenvalue weighted by Gasteiger charge is 2.19. The van der Waals surface area contributed by atoms with Gasteiger partial charge in [-0.05, 0) is 55.8 Å². The Balaban J connectivity index is 2.11. The Kier molecular flexibility index (Phi) is 6.85. The highest BCUT2D eigenvalue weighted by atomic mass is 32.2. The van der Waals surface area contributed by atoms with Gasteiger partial charge in [0, 0.05) is 25.7 Å². The zero-order chi connectivity index (χ0) is 20.0. The van der Waals surface area contributed by atoms with E-state index >= 15 is 0 Å². The summed E-state index contributed by atoms with van der Waals surface area (Å²) in [5, 5.41) is 0. The quantitative estimate of drug-likeness (QED) is 0.694. The van der Waals surface area contributed by atoms with Gasteiger partial charge in [0.25, 0.3) is 5.91 Å². The van der Waals surface area contributed by atoms with Crippen molar-refractivity contribution in [3.63, 3.8) is 0 Å². The van der Waals surface area contributed by atoms with E-state index in [4.69, 9.17) is 4.74 Å². The van der Waals surface area contributed by atoms with Crippen LogP contribution in [-0.4, -0.2) is 45.7 Å². The average Bonchev–Trinajstić information content (AvgIpc) is 2.69. The van der Waals surface area contributed by atoms with E-state index in [-0.39, 0.29) is 11.7 Å². The fraction of sp³-hybridized carbons (Fsp3) is 0.350. The van der Waals surface area contributed by atoms with E-state index in [0.29, 0.717) is 24.3 Å². The summed E-state index contributed by atoms with van der Waals surface area (Å²) in [6.07, 6.45) is 0. The number of amides is 1. The van der Waals surface area contributed by atoms with E-state index in [1.165, 1.54) is 4.31 Å². The molecule has 0 radical (unpaired) electrons. The molecule has 146 valence electrons. The van der Waals surface area contributed by atoms with Crippen LogP contribution >= 0.6 is 0 Å². The molecule has 0 bridgehead atoms. The summed E-state index contributed by atoms with van der Waals surface area (Å²) >= 11 is 0. The van der Waals surface area contributed by atoms with Gasteiger partial charge < -0.3 is 9.64 Å². The van der Waals surface area contributed by atoms with Crippen molar-refractivity contribution in [2.24, 2.45) is 0 Å². The van der Waals surface area contributed by atoms with Gasteiger partial charge in [0.15, 0.2) is 0 Å². The van der Waals surface area contributed by atoms with Crippen molar-refractivity contribution in [3.8, 4) is 5.75 Å². The molecule has 0 spiro atoms. The molecule has 0 saturated carbocycles. The normalized spacial score (nSPS) is 11.1. The molecule has 6 nitrogen and oxygen atoms in total. The Morgan fingerprint density at radius 2 is 1.59 bits per heavy atom. The second-order valence-corrected chi connectivity index (χ2v) is 8.30. The van der Waals surface area contributed by atoms with Crippen molar-refractivity contribution in [1.82, 2.24) is 4.90 Å². The van der Waals surface area contributed by atoms with E-state index < -0.39 is 10.0 Å². The number of sulfonamides is 1. The van der Waals surface area contributed by atoms with Gasteiger partial charge in [-0.15, -0.1) is 0 Å².